The molecule has 0 spiro atoms. The van der Waals surface area contributed by atoms with Crippen LogP contribution in [0.2, 0.25) is 15.1 Å². The molecule has 0 aliphatic carbocycles. The maximum atomic E-state index is 13.0. The number of anilines is 1. The molecule has 0 bridgehead atoms. The summed E-state index contributed by atoms with van der Waals surface area (Å²) in [5.74, 6) is 0.821. The number of nitrogens with zero attached hydrogens (tertiary/aromatic N) is 2. The van der Waals surface area contributed by atoms with Gasteiger partial charge < -0.3 is 14.4 Å². The minimum absolute atomic E-state index is 0.0676. The molecule has 0 saturated carbocycles. The number of ether oxygens (including phenoxy) is 2. The second-order valence-electron chi connectivity index (χ2n) is 7.32. The van der Waals surface area contributed by atoms with Crippen molar-refractivity contribution in [3.05, 3.63) is 75.2 Å². The second-order valence-corrected chi connectivity index (χ2v) is 10.2. The summed E-state index contributed by atoms with van der Waals surface area (Å²) < 4.78 is 39.7. The molecule has 0 unspecified atom stereocenters. The monoisotopic (exact) mass is 539 g/mol. The summed E-state index contributed by atoms with van der Waals surface area (Å²) in [5, 5.41) is 9.82. The van der Waals surface area contributed by atoms with Crippen molar-refractivity contribution in [2.24, 2.45) is 0 Å². The van der Waals surface area contributed by atoms with Gasteiger partial charge in [0, 0.05) is 18.7 Å². The maximum absolute atomic E-state index is 13.0. The molecule has 178 valence electrons. The van der Waals surface area contributed by atoms with E-state index in [-0.39, 0.29) is 37.7 Å². The fourth-order valence-corrected chi connectivity index (χ4v) is 4.78. The van der Waals surface area contributed by atoms with Crippen molar-refractivity contribution >= 4 is 50.5 Å². The number of hydrogen-bond donors (Lipinski definition) is 1. The van der Waals surface area contributed by atoms with E-state index in [1.54, 1.807) is 24.3 Å². The van der Waals surface area contributed by atoms with Crippen LogP contribution in [-0.2, 0) is 10.0 Å². The molecule has 34 heavy (non-hydrogen) atoms. The SMILES string of the molecule is CN(C)CCOc1cc(NS(=O)(=O)c2ccc(Oc3cccc(Cl)c3C#N)cc2Cl)ccc1Cl. The van der Waals surface area contributed by atoms with E-state index < -0.39 is 10.0 Å². The molecule has 0 heterocycles. The van der Waals surface area contributed by atoms with Gasteiger partial charge in [-0.15, -0.1) is 0 Å². The minimum atomic E-state index is -4.03. The van der Waals surface area contributed by atoms with Crippen LogP contribution in [-0.4, -0.2) is 40.6 Å². The van der Waals surface area contributed by atoms with E-state index in [2.05, 4.69) is 4.72 Å². The Labute approximate surface area is 213 Å². The number of likely N-dealkylation sites (N-methyl/N-ethyl adjacent to an activating group) is 1. The molecule has 0 aliphatic heterocycles. The number of benzene rings is 3. The van der Waals surface area contributed by atoms with Crippen molar-refractivity contribution in [3.8, 4) is 23.3 Å². The molecule has 0 saturated heterocycles. The Kier molecular flexibility index (Phi) is 8.52. The smallest absolute Gasteiger partial charge is 0.263 e. The van der Waals surface area contributed by atoms with Crippen LogP contribution in [0.4, 0.5) is 5.69 Å². The van der Waals surface area contributed by atoms with Gasteiger partial charge in [-0.1, -0.05) is 40.9 Å². The van der Waals surface area contributed by atoms with Crippen molar-refractivity contribution in [1.29, 1.82) is 5.26 Å². The largest absolute Gasteiger partial charge is 0.491 e. The first-order valence-electron chi connectivity index (χ1n) is 9.86. The zero-order valence-electron chi connectivity index (χ0n) is 18.2. The zero-order chi connectivity index (χ0) is 24.9. The van der Waals surface area contributed by atoms with Gasteiger partial charge in [0.15, 0.2) is 0 Å². The molecule has 7 nitrogen and oxygen atoms in total. The Bertz CT molecular complexity index is 1340. The predicted molar refractivity (Wildman–Crippen MR) is 134 cm³/mol. The Hall–Kier alpha value is -2.67. The summed E-state index contributed by atoms with van der Waals surface area (Å²) in [5.41, 5.74) is 0.420. The lowest BCUT2D eigenvalue weighted by Crippen LogP contribution is -2.19. The van der Waals surface area contributed by atoms with Gasteiger partial charge in [-0.3, -0.25) is 4.72 Å². The van der Waals surface area contributed by atoms with Gasteiger partial charge >= 0.3 is 0 Å². The number of sulfonamides is 1. The molecule has 0 amide bonds. The van der Waals surface area contributed by atoms with Crippen LogP contribution in [0.1, 0.15) is 5.56 Å². The zero-order valence-corrected chi connectivity index (χ0v) is 21.3. The summed E-state index contributed by atoms with van der Waals surface area (Å²) in [7, 11) is -0.215. The summed E-state index contributed by atoms with van der Waals surface area (Å²) in [4.78, 5) is 1.79. The van der Waals surface area contributed by atoms with Crippen LogP contribution in [0, 0.1) is 11.3 Å². The number of rotatable bonds is 9. The van der Waals surface area contributed by atoms with Crippen LogP contribution < -0.4 is 14.2 Å². The second kappa shape index (κ2) is 11.2. The van der Waals surface area contributed by atoms with Crippen LogP contribution in [0.25, 0.3) is 0 Å². The van der Waals surface area contributed by atoms with E-state index in [1.807, 2.05) is 25.1 Å². The molecule has 0 fully saturated rings. The molecule has 3 aromatic carbocycles. The quantitative estimate of drug-likeness (QED) is 0.355. The van der Waals surface area contributed by atoms with Gasteiger partial charge in [0.1, 0.15) is 40.4 Å². The van der Waals surface area contributed by atoms with Crippen molar-refractivity contribution in [1.82, 2.24) is 4.90 Å². The molecular weight excluding hydrogens is 521 g/mol. The van der Waals surface area contributed by atoms with Crippen molar-refractivity contribution in [2.75, 3.05) is 32.0 Å². The lowest BCUT2D eigenvalue weighted by atomic mass is 10.2. The maximum Gasteiger partial charge on any atom is 0.263 e. The third-order valence-corrected chi connectivity index (χ3v) is 6.98. The topological polar surface area (TPSA) is 91.7 Å². The molecule has 3 aromatic rings. The Balaban J connectivity index is 1.80. The number of nitriles is 1. The molecule has 0 radical (unpaired) electrons. The average Bonchev–Trinajstić information content (AvgIpc) is 2.75. The molecule has 0 aromatic heterocycles. The Morgan fingerprint density at radius 2 is 1.74 bits per heavy atom. The molecule has 0 aliphatic rings. The van der Waals surface area contributed by atoms with Gasteiger partial charge in [0.05, 0.1) is 20.8 Å². The van der Waals surface area contributed by atoms with Gasteiger partial charge in [-0.2, -0.15) is 5.26 Å². The van der Waals surface area contributed by atoms with Crippen LogP contribution in [0.5, 0.6) is 17.2 Å². The highest BCUT2D eigenvalue weighted by atomic mass is 35.5. The van der Waals surface area contributed by atoms with Gasteiger partial charge in [0.2, 0.25) is 0 Å². The summed E-state index contributed by atoms with van der Waals surface area (Å²) >= 11 is 18.4. The number of halogens is 3. The summed E-state index contributed by atoms with van der Waals surface area (Å²) in [6.07, 6.45) is 0. The minimum Gasteiger partial charge on any atom is -0.491 e. The van der Waals surface area contributed by atoms with E-state index in [9.17, 15) is 13.7 Å². The van der Waals surface area contributed by atoms with Crippen LogP contribution in [0.15, 0.2) is 59.5 Å². The van der Waals surface area contributed by atoms with Crippen LogP contribution in [0.3, 0.4) is 0 Å². The molecule has 1 N–H and O–H groups in total. The molecular formula is C23H20Cl3N3O4S. The third-order valence-electron chi connectivity index (χ3n) is 4.49. The number of hydrogen-bond acceptors (Lipinski definition) is 6. The third kappa shape index (κ3) is 6.47. The molecule has 11 heteroatoms. The van der Waals surface area contributed by atoms with Crippen molar-refractivity contribution in [2.45, 2.75) is 4.90 Å². The standard InChI is InChI=1S/C23H20Cl3N3O4S/c1-29(2)10-11-32-22-12-15(6-8-19(22)25)28-34(30,31)23-9-7-16(13-20(23)26)33-21-5-3-4-18(24)17(21)14-27/h3-9,12-13,28H,10-11H2,1-2H3. The van der Waals surface area contributed by atoms with E-state index in [0.717, 1.165) is 0 Å². The highest BCUT2D eigenvalue weighted by Crippen LogP contribution is 2.34. The number of nitrogens with one attached hydrogen (secondary N) is 1. The highest BCUT2D eigenvalue weighted by Gasteiger charge is 2.20. The Morgan fingerprint density at radius 1 is 0.971 bits per heavy atom. The molecule has 0 atom stereocenters. The van der Waals surface area contributed by atoms with Crippen LogP contribution >= 0.6 is 34.8 Å². The first kappa shape index (κ1) is 25.9. The van der Waals surface area contributed by atoms with E-state index in [0.29, 0.717) is 23.9 Å². The fourth-order valence-electron chi connectivity index (χ4n) is 2.81. The van der Waals surface area contributed by atoms with E-state index in [4.69, 9.17) is 44.3 Å². The Morgan fingerprint density at radius 3 is 2.41 bits per heavy atom. The average molecular weight is 541 g/mol. The lowest BCUT2D eigenvalue weighted by Gasteiger charge is -2.15. The fraction of sp³-hybridized carbons (Fsp3) is 0.174. The van der Waals surface area contributed by atoms with Gasteiger partial charge in [0.25, 0.3) is 10.0 Å². The first-order valence-corrected chi connectivity index (χ1v) is 12.5. The van der Waals surface area contributed by atoms with E-state index in [1.165, 1.54) is 30.3 Å². The van der Waals surface area contributed by atoms with Gasteiger partial charge in [-0.25, -0.2) is 8.42 Å². The van der Waals surface area contributed by atoms with Crippen molar-refractivity contribution < 1.29 is 17.9 Å². The summed E-state index contributed by atoms with van der Waals surface area (Å²) in [6, 6.07) is 15.4. The predicted octanol–water partition coefficient (Wildman–Crippen LogP) is 6.05. The van der Waals surface area contributed by atoms with Crippen molar-refractivity contribution in [3.63, 3.8) is 0 Å². The van der Waals surface area contributed by atoms with Gasteiger partial charge in [-0.05, 0) is 50.5 Å². The highest BCUT2D eigenvalue weighted by molar-refractivity contribution is 7.92. The lowest BCUT2D eigenvalue weighted by molar-refractivity contribution is 0.261. The summed E-state index contributed by atoms with van der Waals surface area (Å²) in [6.45, 7) is 1.05. The first-order chi connectivity index (χ1) is 16.1. The van der Waals surface area contributed by atoms with E-state index >= 15 is 0 Å². The normalized spacial score (nSPS) is 11.2. The molecule has 3 rings (SSSR count).